The number of carbonyl (C=O) groups is 3. The highest BCUT2D eigenvalue weighted by Gasteiger charge is 2.81. The van der Waals surface area contributed by atoms with Crippen molar-refractivity contribution in [2.75, 3.05) is 13.7 Å². The van der Waals surface area contributed by atoms with Crippen molar-refractivity contribution in [3.05, 3.63) is 99.2 Å². The molecule has 2 fully saturated rings. The van der Waals surface area contributed by atoms with E-state index < -0.39 is 28.3 Å². The summed E-state index contributed by atoms with van der Waals surface area (Å²) in [5.41, 5.74) is 0.615. The number of fused-ring (bicyclic) bond motifs is 2. The SMILES string of the molecule is COc1cccc(CCNC(=O)/C(C)=C\CC23OC(C)(C)C4CC(C=C5C(=O)c6c(O)c7c(c(CC=C(C)C)c6OC542)OC(C)(CCC=C(C)C)C=C7)C3=O)c1. The fourth-order valence-corrected chi connectivity index (χ4v) is 9.47. The molecule has 4 bridgehead atoms. The van der Waals surface area contributed by atoms with E-state index in [0.717, 1.165) is 23.3 Å². The normalized spacial score (nSPS) is 27.6. The van der Waals surface area contributed by atoms with Gasteiger partial charge in [-0.05, 0) is 117 Å². The van der Waals surface area contributed by atoms with Crippen LogP contribution in [-0.2, 0) is 27.2 Å². The molecule has 2 aromatic rings. The number of rotatable bonds is 12. The third kappa shape index (κ3) is 6.32. The summed E-state index contributed by atoms with van der Waals surface area (Å²) in [5, 5.41) is 15.0. The lowest BCUT2D eigenvalue weighted by Crippen LogP contribution is -2.72. The van der Waals surface area contributed by atoms with Crippen LogP contribution >= 0.6 is 0 Å². The molecule has 2 aromatic carbocycles. The van der Waals surface area contributed by atoms with E-state index in [9.17, 15) is 14.7 Å². The second kappa shape index (κ2) is 14.2. The zero-order valence-corrected chi connectivity index (χ0v) is 34.2. The second-order valence-electron chi connectivity index (χ2n) is 17.3. The molecule has 3 aliphatic heterocycles. The Morgan fingerprint density at radius 1 is 1.02 bits per heavy atom. The van der Waals surface area contributed by atoms with Gasteiger partial charge in [0, 0.05) is 41.5 Å². The minimum Gasteiger partial charge on any atom is -0.506 e. The summed E-state index contributed by atoms with van der Waals surface area (Å²) in [7, 11) is 1.62. The number of aromatic hydroxyl groups is 1. The van der Waals surface area contributed by atoms with E-state index in [0.29, 0.717) is 60.3 Å². The summed E-state index contributed by atoms with van der Waals surface area (Å²) in [6.07, 6.45) is 14.5. The van der Waals surface area contributed by atoms with E-state index in [1.165, 1.54) is 5.57 Å². The summed E-state index contributed by atoms with van der Waals surface area (Å²) in [6, 6.07) is 7.72. The number of carbonyl (C=O) groups excluding carboxylic acids is 3. The number of methoxy groups -OCH3 is 1. The maximum Gasteiger partial charge on any atom is 0.246 e. The molecule has 9 nitrogen and oxygen atoms in total. The number of hydrogen-bond donors (Lipinski definition) is 2. The van der Waals surface area contributed by atoms with Crippen molar-refractivity contribution in [2.24, 2.45) is 11.8 Å². The molecule has 0 aromatic heterocycles. The van der Waals surface area contributed by atoms with Gasteiger partial charge in [0.05, 0.1) is 18.3 Å². The van der Waals surface area contributed by atoms with E-state index in [1.54, 1.807) is 26.2 Å². The fraction of sp³-hybridized carbons (Fsp3) is 0.468. The summed E-state index contributed by atoms with van der Waals surface area (Å²) in [5.74, 6) is -0.500. The highest BCUT2D eigenvalue weighted by molar-refractivity contribution is 6.19. The molecule has 3 heterocycles. The summed E-state index contributed by atoms with van der Waals surface area (Å²) >= 11 is 0. The molecule has 56 heavy (non-hydrogen) atoms. The number of ether oxygens (including phenoxy) is 4. The number of nitrogens with one attached hydrogen (secondary N) is 1. The van der Waals surface area contributed by atoms with Gasteiger partial charge in [-0.2, -0.15) is 0 Å². The monoisotopic (exact) mass is 761 g/mol. The van der Waals surface area contributed by atoms with Crippen molar-refractivity contribution in [1.82, 2.24) is 5.32 Å². The standard InChI is InChI=1S/C47H55NO8/c1-27(2)12-11-20-45(8)21-18-33-38(49)37-39(50)35-25-31-26-36-44(6,7)56-46(42(31)51,47(35,36)55-41(37)34(40(33)54-45)16-15-28(3)4)22-17-29(5)43(52)48-23-19-30-13-10-14-32(24-30)53-9/h10,12-15,17-18,21,24-25,31,36,49H,11,16,19-20,22-23,26H2,1-9H3,(H,48,52)/b29-17-. The first-order chi connectivity index (χ1) is 26.5. The van der Waals surface area contributed by atoms with Crippen molar-refractivity contribution in [3.8, 4) is 23.0 Å². The quantitative estimate of drug-likeness (QED) is 0.163. The predicted molar refractivity (Wildman–Crippen MR) is 216 cm³/mol. The first-order valence-electron chi connectivity index (χ1n) is 19.8. The van der Waals surface area contributed by atoms with Crippen molar-refractivity contribution >= 4 is 23.5 Å². The molecule has 9 heteroatoms. The van der Waals surface area contributed by atoms with E-state index in [2.05, 4.69) is 31.3 Å². The molecule has 0 radical (unpaired) electrons. The highest BCUT2D eigenvalue weighted by atomic mass is 16.6. The summed E-state index contributed by atoms with van der Waals surface area (Å²) in [4.78, 5) is 43.1. The van der Waals surface area contributed by atoms with Gasteiger partial charge in [0.2, 0.25) is 5.91 Å². The highest BCUT2D eigenvalue weighted by Crippen LogP contribution is 2.68. The number of Topliss-reactive ketones (excluding diaryl/α,β-unsaturated/α-hetero) is 2. The van der Waals surface area contributed by atoms with E-state index >= 15 is 4.79 Å². The number of phenols is 1. The minimum absolute atomic E-state index is 0.0270. The molecule has 1 spiro atoms. The Bertz CT molecular complexity index is 2160. The van der Waals surface area contributed by atoms with Gasteiger partial charge in [0.1, 0.15) is 34.2 Å². The van der Waals surface area contributed by atoms with Gasteiger partial charge in [0.25, 0.3) is 0 Å². The van der Waals surface area contributed by atoms with Crippen LogP contribution in [-0.4, -0.2) is 58.6 Å². The average molecular weight is 762 g/mol. The molecule has 5 atom stereocenters. The van der Waals surface area contributed by atoms with E-state index in [-0.39, 0.29) is 46.9 Å². The maximum atomic E-state index is 15.0. The van der Waals surface area contributed by atoms with Crippen LogP contribution < -0.4 is 19.5 Å². The molecule has 3 aliphatic carbocycles. The van der Waals surface area contributed by atoms with Crippen LogP contribution in [0, 0.1) is 11.8 Å². The molecule has 2 N–H and O–H groups in total. The van der Waals surface area contributed by atoms with Crippen molar-refractivity contribution in [2.45, 2.75) is 116 Å². The van der Waals surface area contributed by atoms with Gasteiger partial charge in [0.15, 0.2) is 22.8 Å². The molecule has 1 saturated carbocycles. The number of benzene rings is 2. The molecule has 296 valence electrons. The number of amides is 1. The molecule has 1 amide bonds. The smallest absolute Gasteiger partial charge is 0.246 e. The van der Waals surface area contributed by atoms with Crippen LogP contribution in [0.3, 0.4) is 0 Å². The van der Waals surface area contributed by atoms with Crippen LogP contribution in [0.4, 0.5) is 0 Å². The van der Waals surface area contributed by atoms with Crippen molar-refractivity contribution in [1.29, 1.82) is 0 Å². The van der Waals surface area contributed by atoms with Crippen LogP contribution in [0.2, 0.25) is 0 Å². The van der Waals surface area contributed by atoms with Gasteiger partial charge in [-0.15, -0.1) is 0 Å². The lowest BCUT2D eigenvalue weighted by molar-refractivity contribution is -0.171. The lowest BCUT2D eigenvalue weighted by Gasteiger charge is -2.56. The van der Waals surface area contributed by atoms with Crippen LogP contribution in [0.15, 0.2) is 76.9 Å². The fourth-order valence-electron chi connectivity index (χ4n) is 9.47. The Morgan fingerprint density at radius 3 is 2.48 bits per heavy atom. The summed E-state index contributed by atoms with van der Waals surface area (Å²) in [6.45, 7) is 16.2. The average Bonchev–Trinajstić information content (AvgIpc) is 3.30. The number of phenolic OH excluding ortho intramolecular Hbond substituents is 1. The molecule has 5 unspecified atom stereocenters. The van der Waals surface area contributed by atoms with Crippen molar-refractivity contribution < 1.29 is 38.4 Å². The van der Waals surface area contributed by atoms with Gasteiger partial charge in [-0.3, -0.25) is 14.4 Å². The Balaban J connectivity index is 1.29. The number of hydrogen-bond acceptors (Lipinski definition) is 8. The molecular weight excluding hydrogens is 707 g/mol. The Morgan fingerprint density at radius 2 is 1.77 bits per heavy atom. The van der Waals surface area contributed by atoms with Crippen LogP contribution in [0.1, 0.15) is 108 Å². The number of allylic oxidation sites excluding steroid dienone is 5. The number of ketones is 2. The Labute approximate surface area is 330 Å². The zero-order valence-electron chi connectivity index (χ0n) is 34.2. The molecular formula is C47H55NO8. The molecule has 6 aliphatic rings. The zero-order chi connectivity index (χ0) is 40.4. The van der Waals surface area contributed by atoms with E-state index in [4.69, 9.17) is 18.9 Å². The minimum atomic E-state index is -1.59. The first-order valence-corrected chi connectivity index (χ1v) is 19.8. The first kappa shape index (κ1) is 39.3. The predicted octanol–water partition coefficient (Wildman–Crippen LogP) is 8.52. The van der Waals surface area contributed by atoms with Gasteiger partial charge < -0.3 is 29.4 Å². The second-order valence-corrected chi connectivity index (χ2v) is 17.3. The third-order valence-electron chi connectivity index (χ3n) is 12.3. The van der Waals surface area contributed by atoms with Crippen molar-refractivity contribution in [3.63, 3.8) is 0 Å². The summed E-state index contributed by atoms with van der Waals surface area (Å²) < 4.78 is 26.4. The Hall–Kier alpha value is -4.89. The topological polar surface area (TPSA) is 120 Å². The van der Waals surface area contributed by atoms with Gasteiger partial charge >= 0.3 is 0 Å². The van der Waals surface area contributed by atoms with Crippen LogP contribution in [0.5, 0.6) is 23.0 Å². The van der Waals surface area contributed by atoms with Gasteiger partial charge in [-0.25, -0.2) is 0 Å². The third-order valence-corrected chi connectivity index (χ3v) is 12.3. The Kier molecular flexibility index (Phi) is 10.0. The maximum absolute atomic E-state index is 15.0. The molecule has 8 rings (SSSR count). The van der Waals surface area contributed by atoms with Gasteiger partial charge in [-0.1, -0.05) is 47.6 Å². The van der Waals surface area contributed by atoms with Crippen LogP contribution in [0.25, 0.3) is 6.08 Å². The largest absolute Gasteiger partial charge is 0.506 e. The lowest BCUT2D eigenvalue weighted by atomic mass is 9.51. The van der Waals surface area contributed by atoms with E-state index in [1.807, 2.05) is 71.0 Å². The molecule has 1 saturated heterocycles.